The summed E-state index contributed by atoms with van der Waals surface area (Å²) in [5.41, 5.74) is 3.55. The molecular weight excluding hydrogens is 526 g/mol. The van der Waals surface area contributed by atoms with E-state index in [1.54, 1.807) is 10.6 Å². The summed E-state index contributed by atoms with van der Waals surface area (Å²) in [4.78, 5) is 3.39. The van der Waals surface area contributed by atoms with Gasteiger partial charge < -0.3 is 9.55 Å². The molecule has 0 radical (unpaired) electrons. The SMILES string of the molecule is FC(F)(F)c1ccc(-n2c3ccc(-c4ccc5[nH]c6ccccc6c5c4)cc3c3cc(C(F)(F)F)ccc32)cc1. The summed E-state index contributed by atoms with van der Waals surface area (Å²) in [6.45, 7) is 0. The quantitative estimate of drug-likeness (QED) is 0.209. The number of aromatic amines is 1. The third-order valence-electron chi connectivity index (χ3n) is 7.38. The Bertz CT molecular complexity index is 2080. The second kappa shape index (κ2) is 8.39. The molecule has 0 aliphatic carbocycles. The summed E-state index contributed by atoms with van der Waals surface area (Å²) in [5, 5.41) is 3.02. The molecule has 2 aromatic heterocycles. The van der Waals surface area contributed by atoms with Gasteiger partial charge in [0.05, 0.1) is 22.2 Å². The summed E-state index contributed by atoms with van der Waals surface area (Å²) in [5.74, 6) is 0. The van der Waals surface area contributed by atoms with Gasteiger partial charge in [0.2, 0.25) is 0 Å². The summed E-state index contributed by atoms with van der Waals surface area (Å²) in [7, 11) is 0. The molecule has 0 spiro atoms. The summed E-state index contributed by atoms with van der Waals surface area (Å²) < 4.78 is 82.2. The number of aromatic nitrogens is 2. The first-order chi connectivity index (χ1) is 19.1. The van der Waals surface area contributed by atoms with Gasteiger partial charge in [-0.25, -0.2) is 0 Å². The third-order valence-corrected chi connectivity index (χ3v) is 7.38. The first-order valence-electron chi connectivity index (χ1n) is 12.4. The molecule has 0 saturated heterocycles. The fourth-order valence-electron chi connectivity index (χ4n) is 5.48. The smallest absolute Gasteiger partial charge is 0.355 e. The largest absolute Gasteiger partial charge is 0.416 e. The van der Waals surface area contributed by atoms with Gasteiger partial charge in [0, 0.05) is 38.3 Å². The molecule has 8 heteroatoms. The maximum atomic E-state index is 13.7. The molecule has 2 nitrogen and oxygen atoms in total. The molecule has 0 fully saturated rings. The molecule has 0 atom stereocenters. The van der Waals surface area contributed by atoms with Gasteiger partial charge in [-0.3, -0.25) is 0 Å². The summed E-state index contributed by atoms with van der Waals surface area (Å²) >= 11 is 0. The monoisotopic (exact) mass is 544 g/mol. The first kappa shape index (κ1) is 24.3. The van der Waals surface area contributed by atoms with Crippen molar-refractivity contribution in [1.29, 1.82) is 0 Å². The Morgan fingerprint density at radius 1 is 0.475 bits per heavy atom. The number of halogens is 6. The minimum absolute atomic E-state index is 0.361. The molecule has 7 rings (SSSR count). The maximum Gasteiger partial charge on any atom is 0.416 e. The van der Waals surface area contributed by atoms with Gasteiger partial charge in [-0.15, -0.1) is 0 Å². The van der Waals surface area contributed by atoms with Crippen LogP contribution in [0.2, 0.25) is 0 Å². The Morgan fingerprint density at radius 3 is 1.73 bits per heavy atom. The normalized spacial score (nSPS) is 12.8. The van der Waals surface area contributed by atoms with Crippen LogP contribution in [0.25, 0.3) is 60.4 Å². The van der Waals surface area contributed by atoms with E-state index in [1.807, 2.05) is 54.6 Å². The minimum Gasteiger partial charge on any atom is -0.355 e. The lowest BCUT2D eigenvalue weighted by Gasteiger charge is -2.11. The van der Waals surface area contributed by atoms with Crippen molar-refractivity contribution in [2.24, 2.45) is 0 Å². The van der Waals surface area contributed by atoms with Crippen molar-refractivity contribution in [2.45, 2.75) is 12.4 Å². The average molecular weight is 544 g/mol. The molecule has 0 unspecified atom stereocenters. The molecule has 1 N–H and O–H groups in total. The summed E-state index contributed by atoms with van der Waals surface area (Å²) in [6, 6.07) is 27.5. The molecule has 2 heterocycles. The van der Waals surface area contributed by atoms with Crippen molar-refractivity contribution in [3.8, 4) is 16.8 Å². The zero-order valence-electron chi connectivity index (χ0n) is 20.5. The van der Waals surface area contributed by atoms with E-state index in [9.17, 15) is 26.3 Å². The predicted molar refractivity (Wildman–Crippen MR) is 146 cm³/mol. The molecule has 198 valence electrons. The van der Waals surface area contributed by atoms with Crippen LogP contribution in [0.4, 0.5) is 26.3 Å². The van der Waals surface area contributed by atoms with Crippen LogP contribution < -0.4 is 0 Å². The molecule has 0 aliphatic heterocycles. The van der Waals surface area contributed by atoms with Crippen molar-refractivity contribution in [3.63, 3.8) is 0 Å². The number of hydrogen-bond acceptors (Lipinski definition) is 0. The average Bonchev–Trinajstić information content (AvgIpc) is 3.46. The highest BCUT2D eigenvalue weighted by atomic mass is 19.4. The predicted octanol–water partition coefficient (Wildman–Crippen LogP) is 10.1. The standard InChI is InChI=1S/C32H18F6N2/c33-31(34,35)20-7-10-22(11-8-20)40-29-13-6-19(16-25(29)26-17-21(32(36,37)38)9-14-30(26)40)18-5-12-28-24(15-18)23-3-1-2-4-27(23)39-28/h1-17,39H. The molecule has 0 bridgehead atoms. The van der Waals surface area contributed by atoms with Crippen LogP contribution in [0.3, 0.4) is 0 Å². The molecule has 0 saturated carbocycles. The highest BCUT2D eigenvalue weighted by Gasteiger charge is 2.32. The number of hydrogen-bond donors (Lipinski definition) is 1. The van der Waals surface area contributed by atoms with Gasteiger partial charge in [0.1, 0.15) is 0 Å². The number of para-hydroxylation sites is 1. The first-order valence-corrected chi connectivity index (χ1v) is 12.4. The second-order valence-corrected chi connectivity index (χ2v) is 9.77. The van der Waals surface area contributed by atoms with E-state index in [1.165, 1.54) is 18.2 Å². The van der Waals surface area contributed by atoms with E-state index in [2.05, 4.69) is 4.98 Å². The third kappa shape index (κ3) is 3.82. The minimum atomic E-state index is -4.55. The van der Waals surface area contributed by atoms with E-state index in [0.29, 0.717) is 27.5 Å². The van der Waals surface area contributed by atoms with E-state index >= 15 is 0 Å². The van der Waals surface area contributed by atoms with Crippen LogP contribution in [-0.4, -0.2) is 9.55 Å². The van der Waals surface area contributed by atoms with Crippen LogP contribution in [0.1, 0.15) is 11.1 Å². The topological polar surface area (TPSA) is 20.7 Å². The molecule has 7 aromatic rings. The van der Waals surface area contributed by atoms with Crippen molar-refractivity contribution < 1.29 is 26.3 Å². The van der Waals surface area contributed by atoms with Crippen molar-refractivity contribution in [1.82, 2.24) is 9.55 Å². The summed E-state index contributed by atoms with van der Waals surface area (Å²) in [6.07, 6.45) is -9.04. The Hall–Kier alpha value is -4.72. The van der Waals surface area contributed by atoms with E-state index in [-0.39, 0.29) is 0 Å². The lowest BCUT2D eigenvalue weighted by Crippen LogP contribution is -2.05. The van der Waals surface area contributed by atoms with Gasteiger partial charge in [-0.2, -0.15) is 26.3 Å². The lowest BCUT2D eigenvalue weighted by atomic mass is 10.00. The number of nitrogens with zero attached hydrogens (tertiary/aromatic N) is 1. The molecule has 0 amide bonds. The van der Waals surface area contributed by atoms with E-state index in [0.717, 1.165) is 57.2 Å². The van der Waals surface area contributed by atoms with Crippen molar-refractivity contribution >= 4 is 43.6 Å². The fraction of sp³-hybridized carbons (Fsp3) is 0.0625. The van der Waals surface area contributed by atoms with Gasteiger partial charge in [-0.1, -0.05) is 30.3 Å². The van der Waals surface area contributed by atoms with Crippen LogP contribution in [0.5, 0.6) is 0 Å². The Labute approximate surface area is 223 Å². The van der Waals surface area contributed by atoms with Crippen LogP contribution >= 0.6 is 0 Å². The van der Waals surface area contributed by atoms with Crippen molar-refractivity contribution in [2.75, 3.05) is 0 Å². The number of nitrogens with one attached hydrogen (secondary N) is 1. The zero-order chi connectivity index (χ0) is 27.8. The fourth-order valence-corrected chi connectivity index (χ4v) is 5.48. The van der Waals surface area contributed by atoms with Crippen LogP contribution in [0.15, 0.2) is 103 Å². The van der Waals surface area contributed by atoms with Gasteiger partial charge >= 0.3 is 12.4 Å². The highest BCUT2D eigenvalue weighted by molar-refractivity contribution is 6.12. The number of benzene rings is 5. The van der Waals surface area contributed by atoms with E-state index < -0.39 is 23.5 Å². The van der Waals surface area contributed by atoms with Gasteiger partial charge in [0.15, 0.2) is 0 Å². The van der Waals surface area contributed by atoms with Crippen LogP contribution in [0, 0.1) is 0 Å². The molecule has 0 aliphatic rings. The second-order valence-electron chi connectivity index (χ2n) is 9.77. The lowest BCUT2D eigenvalue weighted by molar-refractivity contribution is -0.138. The molecule has 40 heavy (non-hydrogen) atoms. The number of fused-ring (bicyclic) bond motifs is 6. The number of rotatable bonds is 2. The van der Waals surface area contributed by atoms with Crippen molar-refractivity contribution in [3.05, 3.63) is 114 Å². The number of alkyl halides is 6. The number of H-pyrrole nitrogens is 1. The zero-order valence-corrected chi connectivity index (χ0v) is 20.5. The van der Waals surface area contributed by atoms with Gasteiger partial charge in [-0.05, 0) is 83.9 Å². The highest BCUT2D eigenvalue weighted by Crippen LogP contribution is 2.40. The van der Waals surface area contributed by atoms with Gasteiger partial charge in [0.25, 0.3) is 0 Å². The molecular formula is C32H18F6N2. The maximum absolute atomic E-state index is 13.7. The Morgan fingerprint density at radius 2 is 1.02 bits per heavy atom. The Kier molecular flexibility index (Phi) is 5.10. The Balaban J connectivity index is 1.46. The van der Waals surface area contributed by atoms with Crippen LogP contribution in [-0.2, 0) is 12.4 Å². The van der Waals surface area contributed by atoms with E-state index in [4.69, 9.17) is 0 Å². The molecule has 5 aromatic carbocycles.